The summed E-state index contributed by atoms with van der Waals surface area (Å²) in [5.74, 6) is 2.21. The Morgan fingerprint density at radius 2 is 2.36 bits per heavy atom. The molecule has 0 N–H and O–H groups in total. The minimum Gasteiger partial charge on any atom is -0.345 e. The highest BCUT2D eigenvalue weighted by Gasteiger charge is 2.13. The van der Waals surface area contributed by atoms with Crippen molar-refractivity contribution in [2.75, 3.05) is 25.6 Å². The fourth-order valence-electron chi connectivity index (χ4n) is 0.994. The number of hydrogen-bond acceptors (Lipinski definition) is 2. The highest BCUT2D eigenvalue weighted by atomic mass is 32.2. The number of carbonyl (C=O) groups excluding carboxylic acids is 1. The van der Waals surface area contributed by atoms with E-state index in [4.69, 9.17) is 0 Å². The molecule has 0 aromatic rings. The Bertz CT molecular complexity index is 187. The first-order valence-corrected chi connectivity index (χ1v) is 4.85. The van der Waals surface area contributed by atoms with Crippen molar-refractivity contribution in [3.05, 3.63) is 11.6 Å². The zero-order valence-corrected chi connectivity index (χ0v) is 7.78. The molecular formula is C8H13NOS. The van der Waals surface area contributed by atoms with Gasteiger partial charge in [-0.25, -0.2) is 0 Å². The summed E-state index contributed by atoms with van der Waals surface area (Å²) >= 11 is 1.83. The van der Waals surface area contributed by atoms with Gasteiger partial charge in [-0.1, -0.05) is 6.08 Å². The lowest BCUT2D eigenvalue weighted by molar-refractivity contribution is -0.124. The Morgan fingerprint density at radius 1 is 1.64 bits per heavy atom. The molecule has 1 rings (SSSR count). The summed E-state index contributed by atoms with van der Waals surface area (Å²) in [7, 11) is 3.59. The molecule has 0 fully saturated rings. The molecule has 1 aliphatic heterocycles. The first kappa shape index (κ1) is 8.65. The van der Waals surface area contributed by atoms with E-state index in [-0.39, 0.29) is 5.91 Å². The van der Waals surface area contributed by atoms with Crippen molar-refractivity contribution in [1.29, 1.82) is 0 Å². The van der Waals surface area contributed by atoms with Gasteiger partial charge >= 0.3 is 0 Å². The summed E-state index contributed by atoms with van der Waals surface area (Å²) in [5.41, 5.74) is 0.964. The lowest BCUT2D eigenvalue weighted by atomic mass is 10.2. The fraction of sp³-hybridized carbons (Fsp3) is 0.625. The molecule has 0 atom stereocenters. The number of amides is 1. The first-order valence-electron chi connectivity index (χ1n) is 3.70. The second-order valence-electron chi connectivity index (χ2n) is 2.77. The van der Waals surface area contributed by atoms with Crippen LogP contribution in [0.25, 0.3) is 0 Å². The lowest BCUT2D eigenvalue weighted by Crippen LogP contribution is -2.25. The smallest absolute Gasteiger partial charge is 0.249 e. The molecule has 0 bridgehead atoms. The zero-order chi connectivity index (χ0) is 8.27. The topological polar surface area (TPSA) is 20.3 Å². The Morgan fingerprint density at radius 3 is 2.82 bits per heavy atom. The average Bonchev–Trinajstić information content (AvgIpc) is 2.05. The Kier molecular flexibility index (Phi) is 3.00. The summed E-state index contributed by atoms with van der Waals surface area (Å²) in [4.78, 5) is 13.0. The van der Waals surface area contributed by atoms with Crippen LogP contribution in [-0.4, -0.2) is 36.4 Å². The standard InChI is InChI=1S/C8H13NOS/c1-9(2)8(10)7-4-3-5-11-6-7/h4H,3,5-6H2,1-2H3. The maximum absolute atomic E-state index is 11.3. The summed E-state index contributed by atoms with van der Waals surface area (Å²) in [6.07, 6.45) is 3.10. The third-order valence-corrected chi connectivity index (χ3v) is 2.63. The van der Waals surface area contributed by atoms with Gasteiger partial charge in [0.25, 0.3) is 0 Å². The van der Waals surface area contributed by atoms with Gasteiger partial charge in [-0.3, -0.25) is 4.79 Å². The Balaban J connectivity index is 2.58. The molecular weight excluding hydrogens is 158 g/mol. The van der Waals surface area contributed by atoms with E-state index in [2.05, 4.69) is 6.08 Å². The molecule has 1 heterocycles. The predicted octanol–water partition coefficient (Wildman–Crippen LogP) is 1.14. The minimum absolute atomic E-state index is 0.164. The molecule has 0 saturated carbocycles. The van der Waals surface area contributed by atoms with Crippen molar-refractivity contribution >= 4 is 17.7 Å². The van der Waals surface area contributed by atoms with Crippen molar-refractivity contribution in [2.24, 2.45) is 0 Å². The van der Waals surface area contributed by atoms with Crippen LogP contribution in [0.2, 0.25) is 0 Å². The van der Waals surface area contributed by atoms with Crippen molar-refractivity contribution < 1.29 is 4.79 Å². The molecule has 0 unspecified atom stereocenters. The van der Waals surface area contributed by atoms with Gasteiger partial charge in [-0.2, -0.15) is 11.8 Å². The van der Waals surface area contributed by atoms with Gasteiger partial charge < -0.3 is 4.90 Å². The molecule has 3 heteroatoms. The van der Waals surface area contributed by atoms with Gasteiger partial charge in [0.1, 0.15) is 0 Å². The molecule has 0 spiro atoms. The van der Waals surface area contributed by atoms with Crippen molar-refractivity contribution in [2.45, 2.75) is 6.42 Å². The molecule has 2 nitrogen and oxygen atoms in total. The van der Waals surface area contributed by atoms with Crippen LogP contribution in [0.1, 0.15) is 6.42 Å². The second kappa shape index (κ2) is 3.81. The molecule has 62 valence electrons. The molecule has 0 radical (unpaired) electrons. The number of thioether (sulfide) groups is 1. The van der Waals surface area contributed by atoms with Crippen LogP contribution < -0.4 is 0 Å². The minimum atomic E-state index is 0.164. The molecule has 1 aliphatic rings. The van der Waals surface area contributed by atoms with E-state index in [0.717, 1.165) is 23.5 Å². The molecule has 1 amide bonds. The Hall–Kier alpha value is -0.440. The number of allylic oxidation sites excluding steroid dienone is 1. The number of nitrogens with zero attached hydrogens (tertiary/aromatic N) is 1. The predicted molar refractivity (Wildman–Crippen MR) is 48.7 cm³/mol. The van der Waals surface area contributed by atoms with Crippen molar-refractivity contribution in [1.82, 2.24) is 4.90 Å². The maximum Gasteiger partial charge on any atom is 0.249 e. The van der Waals surface area contributed by atoms with Gasteiger partial charge in [0, 0.05) is 25.4 Å². The first-order chi connectivity index (χ1) is 5.22. The zero-order valence-electron chi connectivity index (χ0n) is 6.96. The third kappa shape index (κ3) is 2.26. The summed E-state index contributed by atoms with van der Waals surface area (Å²) < 4.78 is 0. The van der Waals surface area contributed by atoms with Crippen LogP contribution in [0.5, 0.6) is 0 Å². The quantitative estimate of drug-likeness (QED) is 0.589. The van der Waals surface area contributed by atoms with Crippen LogP contribution >= 0.6 is 11.8 Å². The summed E-state index contributed by atoms with van der Waals surface area (Å²) in [6, 6.07) is 0. The van der Waals surface area contributed by atoms with E-state index in [1.807, 2.05) is 11.8 Å². The monoisotopic (exact) mass is 171 g/mol. The number of hydrogen-bond donors (Lipinski definition) is 0. The third-order valence-electron chi connectivity index (χ3n) is 1.59. The molecule has 0 saturated heterocycles. The molecule has 11 heavy (non-hydrogen) atoms. The van der Waals surface area contributed by atoms with Crippen LogP contribution in [0.3, 0.4) is 0 Å². The number of carbonyl (C=O) groups is 1. The number of likely N-dealkylation sites (N-methyl/N-ethyl adjacent to an activating group) is 1. The summed E-state index contributed by atoms with van der Waals surface area (Å²) in [5, 5.41) is 0. The summed E-state index contributed by atoms with van der Waals surface area (Å²) in [6.45, 7) is 0. The lowest BCUT2D eigenvalue weighted by Gasteiger charge is -2.15. The second-order valence-corrected chi connectivity index (χ2v) is 3.88. The number of rotatable bonds is 1. The maximum atomic E-state index is 11.3. The van der Waals surface area contributed by atoms with Gasteiger partial charge in [0.05, 0.1) is 0 Å². The van der Waals surface area contributed by atoms with E-state index in [1.54, 1.807) is 19.0 Å². The fourth-order valence-corrected chi connectivity index (χ4v) is 1.88. The van der Waals surface area contributed by atoms with Crippen molar-refractivity contribution in [3.63, 3.8) is 0 Å². The van der Waals surface area contributed by atoms with E-state index in [1.165, 1.54) is 0 Å². The molecule has 0 aromatic heterocycles. The van der Waals surface area contributed by atoms with Crippen LogP contribution in [-0.2, 0) is 4.79 Å². The molecule has 0 aliphatic carbocycles. The van der Waals surface area contributed by atoms with Crippen molar-refractivity contribution in [3.8, 4) is 0 Å². The van der Waals surface area contributed by atoms with E-state index in [0.29, 0.717) is 0 Å². The van der Waals surface area contributed by atoms with E-state index >= 15 is 0 Å². The Labute approximate surface area is 71.6 Å². The SMILES string of the molecule is CN(C)C(=O)C1=CCCSC1. The molecule has 0 aromatic carbocycles. The largest absolute Gasteiger partial charge is 0.345 e. The van der Waals surface area contributed by atoms with Gasteiger partial charge in [0.15, 0.2) is 0 Å². The van der Waals surface area contributed by atoms with Gasteiger partial charge in [0.2, 0.25) is 5.91 Å². The van der Waals surface area contributed by atoms with E-state index < -0.39 is 0 Å². The van der Waals surface area contributed by atoms with Gasteiger partial charge in [-0.15, -0.1) is 0 Å². The highest BCUT2D eigenvalue weighted by Crippen LogP contribution is 2.17. The van der Waals surface area contributed by atoms with Crippen LogP contribution in [0.15, 0.2) is 11.6 Å². The van der Waals surface area contributed by atoms with Crippen LogP contribution in [0.4, 0.5) is 0 Å². The average molecular weight is 171 g/mol. The van der Waals surface area contributed by atoms with E-state index in [9.17, 15) is 4.79 Å². The highest BCUT2D eigenvalue weighted by molar-refractivity contribution is 7.99. The normalized spacial score (nSPS) is 17.5. The van der Waals surface area contributed by atoms with Crippen LogP contribution in [0, 0.1) is 0 Å². The van der Waals surface area contributed by atoms with Gasteiger partial charge in [-0.05, 0) is 12.2 Å².